The van der Waals surface area contributed by atoms with E-state index in [1.807, 2.05) is 0 Å². The van der Waals surface area contributed by atoms with Gasteiger partial charge >= 0.3 is 5.97 Å². The molecule has 2 aromatic rings. The van der Waals surface area contributed by atoms with Crippen molar-refractivity contribution >= 4 is 5.97 Å². The van der Waals surface area contributed by atoms with Gasteiger partial charge in [-0.2, -0.15) is 4.98 Å². The maximum atomic E-state index is 10.9. The number of carbonyl (C=O) groups is 1. The summed E-state index contributed by atoms with van der Waals surface area (Å²) < 4.78 is 10.5. The largest absolute Gasteiger partial charge is 0.485 e. The van der Waals surface area contributed by atoms with E-state index in [4.69, 9.17) is 14.4 Å². The molecule has 1 N–H and O–H groups in total. The molecule has 19 heavy (non-hydrogen) atoms. The van der Waals surface area contributed by atoms with Gasteiger partial charge in [-0.1, -0.05) is 5.16 Å². The van der Waals surface area contributed by atoms with E-state index in [1.165, 1.54) is 0 Å². The van der Waals surface area contributed by atoms with E-state index in [1.54, 1.807) is 32.9 Å². The average Bonchev–Trinajstić information content (AvgIpc) is 2.73. The highest BCUT2D eigenvalue weighted by Crippen LogP contribution is 2.25. The number of hydrogen-bond acceptors (Lipinski definition) is 5. The Hall–Kier alpha value is -2.37. The lowest BCUT2D eigenvalue weighted by Gasteiger charge is -2.11. The predicted octanol–water partition coefficient (Wildman–Crippen LogP) is 2.27. The van der Waals surface area contributed by atoms with E-state index in [0.717, 1.165) is 11.1 Å². The minimum absolute atomic E-state index is 0.186. The smallest absolute Gasteiger partial charge is 0.335 e. The molecule has 0 aliphatic heterocycles. The van der Waals surface area contributed by atoms with E-state index in [2.05, 4.69) is 10.1 Å². The standard InChI is InChI=1S/C13H14N2O4/c1-7-4-10(13(16)17)5-8(2)12(7)18-6-11-14-9(3)19-15-11/h4-5H,6H2,1-3H3,(H,16,17). The van der Waals surface area contributed by atoms with Crippen molar-refractivity contribution in [2.45, 2.75) is 27.4 Å². The van der Waals surface area contributed by atoms with Crippen LogP contribution in [0.1, 0.15) is 33.2 Å². The van der Waals surface area contributed by atoms with Gasteiger partial charge in [0.2, 0.25) is 11.7 Å². The highest BCUT2D eigenvalue weighted by Gasteiger charge is 2.12. The summed E-state index contributed by atoms with van der Waals surface area (Å²) in [5.41, 5.74) is 1.77. The van der Waals surface area contributed by atoms with Gasteiger partial charge in [-0.25, -0.2) is 4.79 Å². The molecule has 100 valence electrons. The molecule has 0 aliphatic rings. The van der Waals surface area contributed by atoms with Crippen molar-refractivity contribution in [3.8, 4) is 5.75 Å². The first-order chi connectivity index (χ1) is 8.97. The predicted molar refractivity (Wildman–Crippen MR) is 66.2 cm³/mol. The number of aromatic nitrogens is 2. The summed E-state index contributed by atoms with van der Waals surface area (Å²) in [5, 5.41) is 12.7. The Morgan fingerprint density at radius 2 is 1.95 bits per heavy atom. The quantitative estimate of drug-likeness (QED) is 0.909. The average molecular weight is 262 g/mol. The number of rotatable bonds is 4. The Morgan fingerprint density at radius 1 is 1.32 bits per heavy atom. The zero-order valence-corrected chi connectivity index (χ0v) is 10.9. The Kier molecular flexibility index (Phi) is 3.50. The molecule has 0 aliphatic carbocycles. The summed E-state index contributed by atoms with van der Waals surface area (Å²) in [5.74, 6) is 0.630. The molecule has 0 bridgehead atoms. The SMILES string of the molecule is Cc1nc(COc2c(C)cc(C(=O)O)cc2C)no1. The summed E-state index contributed by atoms with van der Waals surface area (Å²) in [4.78, 5) is 15.0. The molecule has 1 heterocycles. The Morgan fingerprint density at radius 3 is 2.42 bits per heavy atom. The molecule has 2 rings (SSSR count). The summed E-state index contributed by atoms with van der Waals surface area (Å²) in [6, 6.07) is 3.15. The van der Waals surface area contributed by atoms with Gasteiger partial charge in [-0.15, -0.1) is 0 Å². The molecule has 0 saturated heterocycles. The van der Waals surface area contributed by atoms with Gasteiger partial charge in [-0.3, -0.25) is 0 Å². The first-order valence-electron chi connectivity index (χ1n) is 5.74. The number of hydrogen-bond donors (Lipinski definition) is 1. The molecule has 0 saturated carbocycles. The number of aromatic carboxylic acids is 1. The second-order valence-corrected chi connectivity index (χ2v) is 4.26. The molecular weight excluding hydrogens is 248 g/mol. The van der Waals surface area contributed by atoms with Crippen LogP contribution in [0.25, 0.3) is 0 Å². The zero-order valence-electron chi connectivity index (χ0n) is 10.9. The minimum atomic E-state index is -0.952. The summed E-state index contributed by atoms with van der Waals surface area (Å²) in [7, 11) is 0. The van der Waals surface area contributed by atoms with Gasteiger partial charge in [0.1, 0.15) is 5.75 Å². The van der Waals surface area contributed by atoms with Gasteiger partial charge in [0.05, 0.1) is 5.56 Å². The summed E-state index contributed by atoms with van der Waals surface area (Å²) in [6.45, 7) is 5.49. The van der Waals surface area contributed by atoms with Gasteiger partial charge in [0, 0.05) is 6.92 Å². The van der Waals surface area contributed by atoms with Crippen molar-refractivity contribution < 1.29 is 19.2 Å². The summed E-state index contributed by atoms with van der Waals surface area (Å²) in [6.07, 6.45) is 0. The van der Waals surface area contributed by atoms with E-state index < -0.39 is 5.97 Å². The summed E-state index contributed by atoms with van der Waals surface area (Å²) >= 11 is 0. The first-order valence-corrected chi connectivity index (χ1v) is 5.74. The Labute approximate surface area is 110 Å². The topological polar surface area (TPSA) is 85.5 Å². The molecule has 0 atom stereocenters. The Balaban J connectivity index is 2.18. The highest BCUT2D eigenvalue weighted by molar-refractivity contribution is 5.88. The van der Waals surface area contributed by atoms with Crippen LogP contribution in [0, 0.1) is 20.8 Å². The Bertz CT molecular complexity index is 596. The van der Waals surface area contributed by atoms with Crippen LogP contribution < -0.4 is 4.74 Å². The molecule has 0 amide bonds. The van der Waals surface area contributed by atoms with Gasteiger partial charge in [0.25, 0.3) is 0 Å². The van der Waals surface area contributed by atoms with Crippen molar-refractivity contribution in [2.75, 3.05) is 0 Å². The molecule has 1 aromatic carbocycles. The second kappa shape index (κ2) is 5.09. The third kappa shape index (κ3) is 2.90. The van der Waals surface area contributed by atoms with Gasteiger partial charge in [-0.05, 0) is 37.1 Å². The van der Waals surface area contributed by atoms with Crippen molar-refractivity contribution in [1.29, 1.82) is 0 Å². The number of carboxylic acid groups (broad SMARTS) is 1. The van der Waals surface area contributed by atoms with Crippen LogP contribution in [0.3, 0.4) is 0 Å². The van der Waals surface area contributed by atoms with Crippen LogP contribution in [0.15, 0.2) is 16.7 Å². The lowest BCUT2D eigenvalue weighted by Crippen LogP contribution is -2.03. The fraction of sp³-hybridized carbons (Fsp3) is 0.308. The molecule has 0 spiro atoms. The van der Waals surface area contributed by atoms with E-state index in [9.17, 15) is 4.79 Å². The van der Waals surface area contributed by atoms with Crippen LogP contribution in [0.2, 0.25) is 0 Å². The molecule has 0 fully saturated rings. The lowest BCUT2D eigenvalue weighted by molar-refractivity contribution is 0.0696. The van der Waals surface area contributed by atoms with Crippen molar-refractivity contribution in [2.24, 2.45) is 0 Å². The molecular formula is C13H14N2O4. The molecule has 6 heteroatoms. The highest BCUT2D eigenvalue weighted by atomic mass is 16.5. The van der Waals surface area contributed by atoms with E-state index in [0.29, 0.717) is 17.5 Å². The van der Waals surface area contributed by atoms with Crippen molar-refractivity contribution in [1.82, 2.24) is 10.1 Å². The minimum Gasteiger partial charge on any atom is -0.485 e. The van der Waals surface area contributed by atoms with Crippen LogP contribution in [0.4, 0.5) is 0 Å². The molecule has 1 aromatic heterocycles. The van der Waals surface area contributed by atoms with Gasteiger partial charge in [0.15, 0.2) is 6.61 Å². The maximum absolute atomic E-state index is 10.9. The monoisotopic (exact) mass is 262 g/mol. The fourth-order valence-corrected chi connectivity index (χ4v) is 1.84. The van der Waals surface area contributed by atoms with E-state index >= 15 is 0 Å². The number of ether oxygens (including phenoxy) is 1. The van der Waals surface area contributed by atoms with Crippen LogP contribution in [-0.4, -0.2) is 21.2 Å². The first kappa shape index (κ1) is 13.1. The fourth-order valence-electron chi connectivity index (χ4n) is 1.84. The second-order valence-electron chi connectivity index (χ2n) is 4.26. The van der Waals surface area contributed by atoms with Crippen molar-refractivity contribution in [3.05, 3.63) is 40.5 Å². The van der Waals surface area contributed by atoms with Gasteiger partial charge < -0.3 is 14.4 Å². The third-order valence-electron chi connectivity index (χ3n) is 2.62. The number of nitrogens with zero attached hydrogens (tertiary/aromatic N) is 2. The number of aryl methyl sites for hydroxylation is 3. The zero-order chi connectivity index (χ0) is 14.0. The lowest BCUT2D eigenvalue weighted by atomic mass is 10.1. The van der Waals surface area contributed by atoms with Crippen LogP contribution >= 0.6 is 0 Å². The normalized spacial score (nSPS) is 10.5. The third-order valence-corrected chi connectivity index (χ3v) is 2.62. The van der Waals surface area contributed by atoms with Crippen LogP contribution in [-0.2, 0) is 6.61 Å². The van der Waals surface area contributed by atoms with Crippen LogP contribution in [0.5, 0.6) is 5.75 Å². The number of carboxylic acids is 1. The molecule has 0 unspecified atom stereocenters. The number of benzene rings is 1. The van der Waals surface area contributed by atoms with E-state index in [-0.39, 0.29) is 12.2 Å². The maximum Gasteiger partial charge on any atom is 0.335 e. The van der Waals surface area contributed by atoms with Crippen molar-refractivity contribution in [3.63, 3.8) is 0 Å². The molecule has 0 radical (unpaired) electrons. The molecule has 6 nitrogen and oxygen atoms in total.